The van der Waals surface area contributed by atoms with E-state index < -0.39 is 23.6 Å². The number of hydrogen-bond donors (Lipinski definition) is 0. The molecule has 1 aliphatic heterocycles. The van der Waals surface area contributed by atoms with Crippen LogP contribution in [0.25, 0.3) is 38.6 Å². The first-order valence-electron chi connectivity index (χ1n) is 12.6. The molecule has 194 valence electrons. The van der Waals surface area contributed by atoms with Crippen LogP contribution in [0, 0.1) is 0 Å². The molecule has 0 unspecified atom stereocenters. The van der Waals surface area contributed by atoms with Gasteiger partial charge in [0.05, 0.1) is 39.1 Å². The molecule has 0 spiro atoms. The maximum absolute atomic E-state index is 14.1. The van der Waals surface area contributed by atoms with E-state index in [0.29, 0.717) is 27.8 Å². The van der Waals surface area contributed by atoms with Crippen molar-refractivity contribution in [2.75, 3.05) is 4.90 Å². The number of nitrogens with zero attached hydrogens (tertiary/aromatic N) is 2. The van der Waals surface area contributed by atoms with Crippen LogP contribution in [-0.4, -0.2) is 16.4 Å². The van der Waals surface area contributed by atoms with Crippen molar-refractivity contribution >= 4 is 39.3 Å². The lowest BCUT2D eigenvalue weighted by atomic mass is 10.1. The molecular weight excluding hydrogens is 513 g/mol. The molecule has 0 atom stereocenters. The predicted molar refractivity (Wildman–Crippen MR) is 149 cm³/mol. The van der Waals surface area contributed by atoms with Crippen molar-refractivity contribution in [3.63, 3.8) is 0 Å². The number of hydrogen-bond acceptors (Lipinski definition) is 2. The van der Waals surface area contributed by atoms with Gasteiger partial charge >= 0.3 is 6.18 Å². The number of amides is 2. The van der Waals surface area contributed by atoms with Gasteiger partial charge in [0.25, 0.3) is 11.8 Å². The third kappa shape index (κ3) is 3.48. The first-order valence-corrected chi connectivity index (χ1v) is 12.6. The normalized spacial score (nSPS) is 13.4. The molecule has 40 heavy (non-hydrogen) atoms. The summed E-state index contributed by atoms with van der Waals surface area (Å²) >= 11 is 0. The Labute approximate surface area is 226 Å². The molecule has 0 aliphatic carbocycles. The van der Waals surface area contributed by atoms with Gasteiger partial charge in [-0.3, -0.25) is 9.59 Å². The van der Waals surface area contributed by atoms with Crippen molar-refractivity contribution in [1.82, 2.24) is 4.57 Å². The largest absolute Gasteiger partial charge is 0.417 e. The summed E-state index contributed by atoms with van der Waals surface area (Å²) in [6.45, 7) is 0. The van der Waals surface area contributed by atoms with E-state index in [1.165, 1.54) is 6.07 Å². The lowest BCUT2D eigenvalue weighted by Crippen LogP contribution is -2.29. The summed E-state index contributed by atoms with van der Waals surface area (Å²) in [5, 5.41) is 0.460. The molecule has 5 aromatic carbocycles. The van der Waals surface area contributed by atoms with Gasteiger partial charge in [-0.1, -0.05) is 72.8 Å². The molecule has 0 saturated carbocycles. The Hall–Kier alpha value is -5.17. The number of carbonyl (C=O) groups is 2. The third-order valence-electron chi connectivity index (χ3n) is 7.37. The molecule has 7 heteroatoms. The van der Waals surface area contributed by atoms with Crippen LogP contribution in [0.15, 0.2) is 115 Å². The molecule has 6 aromatic rings. The van der Waals surface area contributed by atoms with Crippen molar-refractivity contribution in [2.24, 2.45) is 0 Å². The summed E-state index contributed by atoms with van der Waals surface area (Å²) in [4.78, 5) is 28.6. The zero-order valence-corrected chi connectivity index (χ0v) is 20.8. The molecule has 4 nitrogen and oxygen atoms in total. The van der Waals surface area contributed by atoms with Crippen LogP contribution in [0.4, 0.5) is 18.9 Å². The second kappa shape index (κ2) is 8.68. The van der Waals surface area contributed by atoms with E-state index in [2.05, 4.69) is 0 Å². The second-order valence-electron chi connectivity index (χ2n) is 9.61. The average Bonchev–Trinajstić information content (AvgIpc) is 3.44. The third-order valence-corrected chi connectivity index (χ3v) is 7.37. The van der Waals surface area contributed by atoms with E-state index in [0.717, 1.165) is 22.1 Å². The molecular formula is C33H19F3N2O2. The number of fused-ring (bicyclic) bond motifs is 4. The number of para-hydroxylation sites is 1. The standard InChI is InChI=1S/C33H19F3N2O2/c34-33(35,36)25-12-7-15-27-29(25)23-10-4-5-13-26(23)38(27)28-14-6-11-24-30(28)32(40)37(31(24)39)22-18-16-21(17-19-22)20-8-2-1-3-9-20/h1-19H. The van der Waals surface area contributed by atoms with Crippen LogP contribution < -0.4 is 4.90 Å². The van der Waals surface area contributed by atoms with Crippen LogP contribution >= 0.6 is 0 Å². The number of alkyl halides is 3. The number of carbonyl (C=O) groups excluding carboxylic acids is 2. The number of aromatic nitrogens is 1. The van der Waals surface area contributed by atoms with Crippen LogP contribution in [0.5, 0.6) is 0 Å². The maximum Gasteiger partial charge on any atom is 0.417 e. The van der Waals surface area contributed by atoms with E-state index in [-0.39, 0.29) is 16.5 Å². The fourth-order valence-electron chi connectivity index (χ4n) is 5.64. The number of anilines is 1. The Bertz CT molecular complexity index is 1970. The van der Waals surface area contributed by atoms with Crippen molar-refractivity contribution in [3.05, 3.63) is 132 Å². The van der Waals surface area contributed by atoms with Gasteiger partial charge < -0.3 is 4.57 Å². The maximum atomic E-state index is 14.1. The van der Waals surface area contributed by atoms with Crippen LogP contribution in [0.2, 0.25) is 0 Å². The Morgan fingerprint density at radius 3 is 1.98 bits per heavy atom. The SMILES string of the molecule is O=C1c2cccc(-n3c4ccccc4c4c(C(F)(F)F)cccc43)c2C(=O)N1c1ccc(-c2ccccc2)cc1. The van der Waals surface area contributed by atoms with Gasteiger partial charge in [0, 0.05) is 10.8 Å². The van der Waals surface area contributed by atoms with Crippen LogP contribution in [0.3, 0.4) is 0 Å². The molecule has 2 heterocycles. The predicted octanol–water partition coefficient (Wildman–Crippen LogP) is 8.27. The minimum Gasteiger partial charge on any atom is -0.308 e. The quantitative estimate of drug-likeness (QED) is 0.215. The molecule has 0 radical (unpaired) electrons. The summed E-state index contributed by atoms with van der Waals surface area (Å²) in [6, 6.07) is 32.6. The zero-order valence-electron chi connectivity index (χ0n) is 20.8. The molecule has 2 amide bonds. The van der Waals surface area contributed by atoms with Crippen molar-refractivity contribution in [3.8, 4) is 16.8 Å². The van der Waals surface area contributed by atoms with Gasteiger partial charge in [-0.2, -0.15) is 13.2 Å². The van der Waals surface area contributed by atoms with Gasteiger partial charge in [-0.15, -0.1) is 0 Å². The summed E-state index contributed by atoms with van der Waals surface area (Å²) < 4.78 is 43.8. The second-order valence-corrected chi connectivity index (χ2v) is 9.61. The minimum atomic E-state index is -4.57. The molecule has 0 N–H and O–H groups in total. The minimum absolute atomic E-state index is 0.0494. The van der Waals surface area contributed by atoms with Gasteiger partial charge in [0.2, 0.25) is 0 Å². The number of benzene rings is 5. The Morgan fingerprint density at radius 1 is 0.575 bits per heavy atom. The van der Waals surface area contributed by atoms with Crippen molar-refractivity contribution < 1.29 is 22.8 Å². The fraction of sp³-hybridized carbons (Fsp3) is 0.0303. The lowest BCUT2D eigenvalue weighted by molar-refractivity contribution is -0.136. The highest BCUT2D eigenvalue weighted by Gasteiger charge is 2.40. The Morgan fingerprint density at radius 2 is 1.23 bits per heavy atom. The summed E-state index contributed by atoms with van der Waals surface area (Å²) in [6.07, 6.45) is -4.57. The average molecular weight is 533 g/mol. The topological polar surface area (TPSA) is 42.3 Å². The van der Waals surface area contributed by atoms with E-state index in [1.807, 2.05) is 42.5 Å². The lowest BCUT2D eigenvalue weighted by Gasteiger charge is -2.15. The monoisotopic (exact) mass is 532 g/mol. The number of imide groups is 1. The highest BCUT2D eigenvalue weighted by atomic mass is 19.4. The fourth-order valence-corrected chi connectivity index (χ4v) is 5.64. The molecule has 0 fully saturated rings. The van der Waals surface area contributed by atoms with E-state index in [9.17, 15) is 22.8 Å². The Kier molecular flexibility index (Phi) is 5.19. The Balaban J connectivity index is 1.40. The van der Waals surface area contributed by atoms with Crippen molar-refractivity contribution in [1.29, 1.82) is 0 Å². The van der Waals surface area contributed by atoms with Gasteiger partial charge in [0.1, 0.15) is 0 Å². The smallest absolute Gasteiger partial charge is 0.308 e. The molecule has 7 rings (SSSR count). The zero-order chi connectivity index (χ0) is 27.6. The van der Waals surface area contributed by atoms with Gasteiger partial charge in [-0.05, 0) is 53.6 Å². The van der Waals surface area contributed by atoms with Crippen molar-refractivity contribution in [2.45, 2.75) is 6.18 Å². The number of rotatable bonds is 3. The molecule has 0 bridgehead atoms. The summed E-state index contributed by atoms with van der Waals surface area (Å²) in [7, 11) is 0. The molecule has 1 aromatic heterocycles. The molecule has 0 saturated heterocycles. The van der Waals surface area contributed by atoms with E-state index in [4.69, 9.17) is 0 Å². The first kappa shape index (κ1) is 23.9. The van der Waals surface area contributed by atoms with Crippen LogP contribution in [-0.2, 0) is 6.18 Å². The highest BCUT2D eigenvalue weighted by molar-refractivity contribution is 6.35. The highest BCUT2D eigenvalue weighted by Crippen LogP contribution is 2.42. The van der Waals surface area contributed by atoms with E-state index >= 15 is 0 Å². The van der Waals surface area contributed by atoms with Crippen LogP contribution in [0.1, 0.15) is 26.3 Å². The molecule has 1 aliphatic rings. The number of halogens is 3. The van der Waals surface area contributed by atoms with Gasteiger partial charge in [-0.25, -0.2) is 4.90 Å². The van der Waals surface area contributed by atoms with Gasteiger partial charge in [0.15, 0.2) is 0 Å². The summed E-state index contributed by atoms with van der Waals surface area (Å²) in [5.41, 5.74) is 3.12. The van der Waals surface area contributed by atoms with E-state index in [1.54, 1.807) is 65.2 Å². The first-order chi connectivity index (χ1) is 19.3. The summed E-state index contributed by atoms with van der Waals surface area (Å²) in [5.74, 6) is -1.01.